The second-order valence-corrected chi connectivity index (χ2v) is 20.6. The molecule has 0 aromatic carbocycles. The Bertz CT molecular complexity index is 254. The van der Waals surface area contributed by atoms with Crippen molar-refractivity contribution in [1.82, 2.24) is 0 Å². The Balaban J connectivity index is 4.39. The van der Waals surface area contributed by atoms with Gasteiger partial charge in [0, 0.05) is 0 Å². The first-order valence-corrected chi connectivity index (χ1v) is 18.9. The summed E-state index contributed by atoms with van der Waals surface area (Å²) in [6.07, 6.45) is 5.17. The lowest BCUT2D eigenvalue weighted by molar-refractivity contribution is 0.348. The molecule has 0 aliphatic rings. The largest absolute Gasteiger partial charge is 0.441 e. The number of hydrogen-bond acceptors (Lipinski definition) is 3. The Morgan fingerprint density at radius 2 is 1.50 bits per heavy atom. The summed E-state index contributed by atoms with van der Waals surface area (Å²) in [5.74, 6) is 0. The van der Waals surface area contributed by atoms with Crippen LogP contribution >= 0.6 is 0 Å². The number of unbranched alkanes of at least 4 members (excludes halogenated alkanes) is 3. The predicted molar refractivity (Wildman–Crippen MR) is 99.1 cm³/mol. The van der Waals surface area contributed by atoms with Crippen LogP contribution in [0.3, 0.4) is 0 Å². The zero-order chi connectivity index (χ0) is 15.8. The summed E-state index contributed by atoms with van der Waals surface area (Å²) in [7, 11) is -6.09. The van der Waals surface area contributed by atoms with E-state index in [1.165, 1.54) is 25.7 Å². The number of hydrogen-bond donors (Lipinski definition) is 0. The Hall–Kier alpha value is 0.748. The van der Waals surface area contributed by atoms with Gasteiger partial charge < -0.3 is 12.3 Å². The molecule has 0 aromatic heterocycles. The topological polar surface area (TPSA) is 27.7 Å². The Morgan fingerprint density at radius 3 is 1.95 bits per heavy atom. The van der Waals surface area contributed by atoms with E-state index < -0.39 is 35.2 Å². The minimum absolute atomic E-state index is 1.02. The van der Waals surface area contributed by atoms with E-state index in [1.807, 2.05) is 0 Å². The van der Waals surface area contributed by atoms with Gasteiger partial charge in [-0.3, -0.25) is 0 Å². The molecule has 0 aromatic rings. The zero-order valence-electron chi connectivity index (χ0n) is 14.9. The van der Waals surface area contributed by atoms with Gasteiger partial charge in [-0.15, -0.1) is 0 Å². The highest BCUT2D eigenvalue weighted by Gasteiger charge is 2.34. The van der Waals surface area contributed by atoms with Crippen LogP contribution in [-0.4, -0.2) is 35.2 Å². The lowest BCUT2D eigenvalue weighted by Gasteiger charge is -2.34. The van der Waals surface area contributed by atoms with Gasteiger partial charge in [0.05, 0.1) is 0 Å². The molecule has 3 nitrogen and oxygen atoms in total. The van der Waals surface area contributed by atoms with Crippen molar-refractivity contribution in [1.29, 1.82) is 0 Å². The molecule has 0 heterocycles. The summed E-state index contributed by atoms with van der Waals surface area (Å²) in [4.78, 5) is 0. The molecule has 0 bridgehead atoms. The van der Waals surface area contributed by atoms with Crippen molar-refractivity contribution in [2.24, 2.45) is 0 Å². The van der Waals surface area contributed by atoms with Gasteiger partial charge >= 0.3 is 17.8 Å². The highest BCUT2D eigenvalue weighted by Crippen LogP contribution is 2.19. The molecule has 0 N–H and O–H groups in total. The van der Waals surface area contributed by atoms with Gasteiger partial charge in [-0.05, 0) is 51.9 Å². The van der Waals surface area contributed by atoms with Crippen LogP contribution in [0.1, 0.15) is 32.6 Å². The van der Waals surface area contributed by atoms with Crippen LogP contribution < -0.4 is 0 Å². The summed E-state index contributed by atoms with van der Waals surface area (Å²) in [5.41, 5.74) is 0. The fraction of sp³-hybridized carbons (Fsp3) is 1.00. The quantitative estimate of drug-likeness (QED) is 0.408. The normalized spacial score (nSPS) is 14.8. The molecule has 0 saturated carbocycles. The van der Waals surface area contributed by atoms with Gasteiger partial charge in [-0.25, -0.2) is 0 Å². The minimum Gasteiger partial charge on any atom is -0.441 e. The van der Waals surface area contributed by atoms with Gasteiger partial charge in [-0.2, -0.15) is 0 Å². The highest BCUT2D eigenvalue weighted by atomic mass is 28.5. The van der Waals surface area contributed by atoms with E-state index in [-0.39, 0.29) is 0 Å². The molecule has 0 saturated heterocycles. The molecular weight excluding hydrogens is 316 g/mol. The third-order valence-corrected chi connectivity index (χ3v) is 14.7. The molecule has 7 heteroatoms. The second kappa shape index (κ2) is 9.70. The standard InChI is InChI=1S/C13H36O3Si4/c1-9-10-11-12-13-18(14-17(2)3)15-20(7,8)16-19(4,5)6/h17-18H,9-13H2,1-8H3. The SMILES string of the molecule is CCCCCC[SiH](O[SiH](C)C)O[Si](C)(C)O[Si](C)(C)C. The average molecular weight is 353 g/mol. The summed E-state index contributed by atoms with van der Waals surface area (Å²) < 4.78 is 18.9. The van der Waals surface area contributed by atoms with Crippen molar-refractivity contribution in [2.45, 2.75) is 84.5 Å². The molecule has 0 rings (SSSR count). The number of rotatable bonds is 11. The van der Waals surface area contributed by atoms with Crippen LogP contribution in [0.4, 0.5) is 0 Å². The van der Waals surface area contributed by atoms with Crippen molar-refractivity contribution >= 4 is 35.2 Å². The zero-order valence-corrected chi connectivity index (χ0v) is 19.2. The predicted octanol–water partition coefficient (Wildman–Crippen LogP) is 4.36. The van der Waals surface area contributed by atoms with Gasteiger partial charge in [0.1, 0.15) is 0 Å². The maximum Gasteiger partial charge on any atom is 0.312 e. The first kappa shape index (κ1) is 20.7. The van der Waals surface area contributed by atoms with E-state index in [2.05, 4.69) is 52.8 Å². The highest BCUT2D eigenvalue weighted by molar-refractivity contribution is 6.84. The molecule has 0 fully saturated rings. The van der Waals surface area contributed by atoms with Crippen LogP contribution in [-0.2, 0) is 12.3 Å². The molecule has 1 unspecified atom stereocenters. The monoisotopic (exact) mass is 352 g/mol. The summed E-state index contributed by atoms with van der Waals surface area (Å²) in [6, 6.07) is 1.15. The van der Waals surface area contributed by atoms with Crippen LogP contribution in [0, 0.1) is 0 Å². The minimum atomic E-state index is -2.02. The molecule has 1 atom stereocenters. The smallest absolute Gasteiger partial charge is 0.312 e. The van der Waals surface area contributed by atoms with Crippen LogP contribution in [0.25, 0.3) is 0 Å². The third kappa shape index (κ3) is 12.5. The van der Waals surface area contributed by atoms with Crippen LogP contribution in [0.5, 0.6) is 0 Å². The second-order valence-electron chi connectivity index (χ2n) is 7.20. The van der Waals surface area contributed by atoms with Gasteiger partial charge in [0.25, 0.3) is 0 Å². The average Bonchev–Trinajstić information content (AvgIpc) is 2.19. The van der Waals surface area contributed by atoms with Gasteiger partial charge in [0.2, 0.25) is 0 Å². The van der Waals surface area contributed by atoms with Crippen molar-refractivity contribution < 1.29 is 12.3 Å². The molecule has 0 aliphatic heterocycles. The van der Waals surface area contributed by atoms with E-state index >= 15 is 0 Å². The van der Waals surface area contributed by atoms with E-state index in [4.69, 9.17) is 12.3 Å². The van der Waals surface area contributed by atoms with E-state index in [0.29, 0.717) is 0 Å². The van der Waals surface area contributed by atoms with Crippen LogP contribution in [0.15, 0.2) is 0 Å². The lowest BCUT2D eigenvalue weighted by Crippen LogP contribution is -2.49. The maximum absolute atomic E-state index is 6.41. The Morgan fingerprint density at radius 1 is 0.900 bits per heavy atom. The van der Waals surface area contributed by atoms with Gasteiger partial charge in [0.15, 0.2) is 17.4 Å². The molecule has 0 spiro atoms. The first-order chi connectivity index (χ1) is 9.06. The summed E-state index contributed by atoms with van der Waals surface area (Å²) in [5, 5.41) is 0. The van der Waals surface area contributed by atoms with E-state index in [0.717, 1.165) is 6.04 Å². The van der Waals surface area contributed by atoms with Crippen molar-refractivity contribution in [3.8, 4) is 0 Å². The lowest BCUT2D eigenvalue weighted by atomic mass is 10.2. The van der Waals surface area contributed by atoms with E-state index in [9.17, 15) is 0 Å². The molecular formula is C13H36O3Si4. The summed E-state index contributed by atoms with van der Waals surface area (Å²) >= 11 is 0. The third-order valence-electron chi connectivity index (χ3n) is 2.68. The Labute approximate surface area is 132 Å². The molecule has 0 radical (unpaired) electrons. The van der Waals surface area contributed by atoms with Crippen LogP contribution in [0.2, 0.25) is 51.9 Å². The van der Waals surface area contributed by atoms with E-state index in [1.54, 1.807) is 0 Å². The maximum atomic E-state index is 6.41. The first-order valence-electron chi connectivity index (χ1n) is 8.09. The van der Waals surface area contributed by atoms with Crippen molar-refractivity contribution in [2.75, 3.05) is 0 Å². The Kier molecular flexibility index (Phi) is 10.1. The molecule has 122 valence electrons. The molecule has 20 heavy (non-hydrogen) atoms. The fourth-order valence-electron chi connectivity index (χ4n) is 2.27. The fourth-order valence-corrected chi connectivity index (χ4v) is 16.1. The van der Waals surface area contributed by atoms with Crippen molar-refractivity contribution in [3.63, 3.8) is 0 Å². The molecule has 0 aliphatic carbocycles. The molecule has 0 amide bonds. The van der Waals surface area contributed by atoms with Crippen molar-refractivity contribution in [3.05, 3.63) is 0 Å². The van der Waals surface area contributed by atoms with Gasteiger partial charge in [-0.1, -0.05) is 32.6 Å². The summed E-state index contributed by atoms with van der Waals surface area (Å²) in [6.45, 7) is 17.8.